The summed E-state index contributed by atoms with van der Waals surface area (Å²) in [7, 11) is 1.31. The summed E-state index contributed by atoms with van der Waals surface area (Å²) < 4.78 is 4.63. The van der Waals surface area contributed by atoms with Gasteiger partial charge in [0.1, 0.15) is 5.01 Å². The van der Waals surface area contributed by atoms with Crippen molar-refractivity contribution in [3.05, 3.63) is 26.1 Å². The third kappa shape index (κ3) is 3.23. The number of thiazole rings is 2. The van der Waals surface area contributed by atoms with Crippen LogP contribution in [-0.2, 0) is 4.74 Å². The second-order valence-corrected chi connectivity index (χ2v) is 6.07. The molecule has 0 aromatic carbocycles. The Morgan fingerprint density at radius 3 is 2.84 bits per heavy atom. The van der Waals surface area contributed by atoms with E-state index in [2.05, 4.69) is 20.0 Å². The van der Waals surface area contributed by atoms with Gasteiger partial charge in [-0.2, -0.15) is 0 Å². The number of hydrogen-bond donors (Lipinski definition) is 1. The first-order chi connectivity index (χ1) is 9.01. The summed E-state index contributed by atoms with van der Waals surface area (Å²) in [5.41, 5.74) is 0.987. The summed E-state index contributed by atoms with van der Waals surface area (Å²) in [4.78, 5) is 20.2. The van der Waals surface area contributed by atoms with E-state index < -0.39 is 5.97 Å². The molecule has 0 fully saturated rings. The van der Waals surface area contributed by atoms with E-state index >= 15 is 0 Å². The molecule has 8 heteroatoms. The summed E-state index contributed by atoms with van der Waals surface area (Å²) in [6.07, 6.45) is 0. The minimum Gasteiger partial charge on any atom is -0.465 e. The number of nitrogens with zero attached hydrogens (tertiary/aromatic N) is 2. The molecule has 2 aromatic rings. The zero-order chi connectivity index (χ0) is 14.0. The molecular weight excluding hydrogens is 306 g/mol. The molecule has 19 heavy (non-hydrogen) atoms. The van der Waals surface area contributed by atoms with Gasteiger partial charge in [-0.05, 0) is 13.8 Å². The first-order valence-electron chi connectivity index (χ1n) is 5.44. The molecule has 0 saturated carbocycles. The van der Waals surface area contributed by atoms with Crippen molar-refractivity contribution in [1.82, 2.24) is 9.97 Å². The fraction of sp³-hybridized carbons (Fsp3) is 0.364. The smallest absolute Gasteiger partial charge is 0.351 e. The summed E-state index contributed by atoms with van der Waals surface area (Å²) in [5, 5.41) is 6.85. The first kappa shape index (κ1) is 14.2. The van der Waals surface area contributed by atoms with E-state index in [1.807, 2.05) is 19.2 Å². The quantitative estimate of drug-likeness (QED) is 0.874. The molecule has 2 heterocycles. The van der Waals surface area contributed by atoms with Crippen LogP contribution in [-0.4, -0.2) is 23.0 Å². The fourth-order valence-electron chi connectivity index (χ4n) is 1.40. The molecule has 2 rings (SSSR count). The number of esters is 1. The van der Waals surface area contributed by atoms with Gasteiger partial charge in [0, 0.05) is 11.1 Å². The maximum absolute atomic E-state index is 11.4. The van der Waals surface area contributed by atoms with Crippen LogP contribution < -0.4 is 5.32 Å². The van der Waals surface area contributed by atoms with Crippen LogP contribution in [0.4, 0.5) is 5.13 Å². The van der Waals surface area contributed by atoms with Crippen molar-refractivity contribution in [3.8, 4) is 0 Å². The number of aromatic nitrogens is 2. The highest BCUT2D eigenvalue weighted by molar-refractivity contribution is 7.18. The molecule has 0 aliphatic heterocycles. The van der Waals surface area contributed by atoms with Crippen LogP contribution in [0.2, 0.25) is 5.15 Å². The Balaban J connectivity index is 2.13. The zero-order valence-corrected chi connectivity index (χ0v) is 12.9. The van der Waals surface area contributed by atoms with Crippen molar-refractivity contribution in [2.75, 3.05) is 12.4 Å². The van der Waals surface area contributed by atoms with Crippen molar-refractivity contribution in [3.63, 3.8) is 0 Å². The summed E-state index contributed by atoms with van der Waals surface area (Å²) in [5.74, 6) is -0.478. The molecule has 5 nitrogen and oxygen atoms in total. The number of carbonyl (C=O) groups is 1. The SMILES string of the molecule is COC(=O)c1sc(NC(C)c2nc(C)cs2)nc1Cl. The first-order valence-corrected chi connectivity index (χ1v) is 7.52. The minimum absolute atomic E-state index is 0.00594. The molecule has 0 radical (unpaired) electrons. The van der Waals surface area contributed by atoms with Gasteiger partial charge in [0.15, 0.2) is 15.2 Å². The van der Waals surface area contributed by atoms with Crippen LogP contribution in [0.1, 0.15) is 33.3 Å². The molecule has 0 spiro atoms. The molecule has 102 valence electrons. The Morgan fingerprint density at radius 1 is 1.53 bits per heavy atom. The van der Waals surface area contributed by atoms with Crippen molar-refractivity contribution < 1.29 is 9.53 Å². The number of halogens is 1. The maximum atomic E-state index is 11.4. The van der Waals surface area contributed by atoms with E-state index in [4.69, 9.17) is 11.6 Å². The monoisotopic (exact) mass is 317 g/mol. The lowest BCUT2D eigenvalue weighted by Gasteiger charge is -2.08. The van der Waals surface area contributed by atoms with Crippen molar-refractivity contribution in [1.29, 1.82) is 0 Å². The predicted octanol–water partition coefficient (Wildman–Crippen LogP) is 3.52. The van der Waals surface area contributed by atoms with Gasteiger partial charge in [0.25, 0.3) is 0 Å². The van der Waals surface area contributed by atoms with E-state index in [0.29, 0.717) is 10.0 Å². The zero-order valence-electron chi connectivity index (χ0n) is 10.6. The highest BCUT2D eigenvalue weighted by atomic mass is 35.5. The predicted molar refractivity (Wildman–Crippen MR) is 77.4 cm³/mol. The molecule has 0 saturated heterocycles. The van der Waals surface area contributed by atoms with Crippen LogP contribution in [0.15, 0.2) is 5.38 Å². The standard InChI is InChI=1S/C11H12ClN3O2S2/c1-5-4-18-9(13-5)6(2)14-11-15-8(12)7(19-11)10(16)17-3/h4,6H,1-3H3,(H,14,15). The lowest BCUT2D eigenvalue weighted by atomic mass is 10.4. The van der Waals surface area contributed by atoms with Crippen molar-refractivity contribution in [2.45, 2.75) is 19.9 Å². The summed E-state index contributed by atoms with van der Waals surface area (Å²) >= 11 is 8.65. The van der Waals surface area contributed by atoms with Crippen molar-refractivity contribution >= 4 is 45.4 Å². The second kappa shape index (κ2) is 5.85. The molecule has 0 aliphatic carbocycles. The van der Waals surface area contributed by atoms with Gasteiger partial charge in [-0.1, -0.05) is 22.9 Å². The van der Waals surface area contributed by atoms with Gasteiger partial charge in [-0.25, -0.2) is 14.8 Å². The normalized spacial score (nSPS) is 12.2. The highest BCUT2D eigenvalue weighted by Crippen LogP contribution is 2.30. The number of aryl methyl sites for hydroxylation is 1. The van der Waals surface area contributed by atoms with E-state index in [9.17, 15) is 4.79 Å². The summed E-state index contributed by atoms with van der Waals surface area (Å²) in [6, 6.07) is 0.00594. The molecule has 0 bridgehead atoms. The number of hydrogen-bond acceptors (Lipinski definition) is 7. The molecule has 0 amide bonds. The second-order valence-electron chi connectivity index (χ2n) is 3.82. The van der Waals surface area contributed by atoms with Crippen LogP contribution in [0.25, 0.3) is 0 Å². The Kier molecular flexibility index (Phi) is 4.38. The van der Waals surface area contributed by atoms with Gasteiger partial charge < -0.3 is 10.1 Å². The molecule has 1 unspecified atom stereocenters. The third-order valence-electron chi connectivity index (χ3n) is 2.30. The van der Waals surface area contributed by atoms with Crippen LogP contribution in [0.3, 0.4) is 0 Å². The van der Waals surface area contributed by atoms with Crippen LogP contribution in [0.5, 0.6) is 0 Å². The van der Waals surface area contributed by atoms with Gasteiger partial charge in [-0.15, -0.1) is 11.3 Å². The topological polar surface area (TPSA) is 64.1 Å². The van der Waals surface area contributed by atoms with E-state index in [1.54, 1.807) is 11.3 Å². The van der Waals surface area contributed by atoms with Gasteiger partial charge in [0.2, 0.25) is 0 Å². The minimum atomic E-state index is -0.478. The van der Waals surface area contributed by atoms with Gasteiger partial charge in [0.05, 0.1) is 13.2 Å². The molecule has 0 aliphatic rings. The lowest BCUT2D eigenvalue weighted by molar-refractivity contribution is 0.0606. The van der Waals surface area contributed by atoms with E-state index in [1.165, 1.54) is 18.4 Å². The number of methoxy groups -OCH3 is 1. The van der Waals surface area contributed by atoms with Crippen LogP contribution >= 0.6 is 34.3 Å². The summed E-state index contributed by atoms with van der Waals surface area (Å²) in [6.45, 7) is 3.92. The average Bonchev–Trinajstić information content (AvgIpc) is 2.95. The average molecular weight is 318 g/mol. The molecule has 2 aromatic heterocycles. The van der Waals surface area contributed by atoms with E-state index in [-0.39, 0.29) is 11.2 Å². The number of anilines is 1. The third-order valence-corrected chi connectivity index (χ3v) is 4.80. The van der Waals surface area contributed by atoms with Crippen molar-refractivity contribution in [2.24, 2.45) is 0 Å². The largest absolute Gasteiger partial charge is 0.465 e. The van der Waals surface area contributed by atoms with Gasteiger partial charge >= 0.3 is 5.97 Å². The highest BCUT2D eigenvalue weighted by Gasteiger charge is 2.19. The molecule has 1 atom stereocenters. The van der Waals surface area contributed by atoms with E-state index in [0.717, 1.165) is 10.7 Å². The molecule has 1 N–H and O–H groups in total. The lowest BCUT2D eigenvalue weighted by Crippen LogP contribution is -2.05. The maximum Gasteiger partial charge on any atom is 0.351 e. The Morgan fingerprint density at radius 2 is 2.26 bits per heavy atom. The Hall–Kier alpha value is -1.18. The molecular formula is C11H12ClN3O2S2. The van der Waals surface area contributed by atoms with Gasteiger partial charge in [-0.3, -0.25) is 0 Å². The fourth-order valence-corrected chi connectivity index (χ4v) is 3.39. The Bertz CT molecular complexity index is 597. The van der Waals surface area contributed by atoms with Crippen LogP contribution in [0, 0.1) is 6.92 Å². The number of nitrogens with one attached hydrogen (secondary N) is 1. The number of ether oxygens (including phenoxy) is 1. The number of carbonyl (C=O) groups excluding carboxylic acids is 1. The Labute approximate surface area is 123 Å². The number of rotatable bonds is 4.